The number of benzene rings is 1. The molecule has 10 heteroatoms. The molecule has 2 aromatic heterocycles. The van der Waals surface area contributed by atoms with Crippen molar-refractivity contribution in [3.8, 4) is 0 Å². The largest absolute Gasteiger partial charge is 0.381 e. The minimum atomic E-state index is -0.909. The van der Waals surface area contributed by atoms with Crippen molar-refractivity contribution in [2.75, 3.05) is 29.8 Å². The van der Waals surface area contributed by atoms with Gasteiger partial charge in [0.25, 0.3) is 0 Å². The summed E-state index contributed by atoms with van der Waals surface area (Å²) >= 11 is 1.37. The number of fused-ring (bicyclic) bond motifs is 1. The van der Waals surface area contributed by atoms with Crippen LogP contribution in [-0.2, 0) is 4.74 Å². The highest BCUT2D eigenvalue weighted by molar-refractivity contribution is 8.01. The standard InChI is InChI=1S/C22H23F2N5O2S/c23-15-3-4-16(29-32-13-5-7-31-8-6-13)19(24)18(15)20(30)14-10-26-22-17(14)21(27-11-28-22)25-9-12-1-2-12/h3-4,10-13,29H,1-2,5-9H2,(H2,25,26,27,28). The van der Waals surface area contributed by atoms with Gasteiger partial charge in [-0.2, -0.15) is 0 Å². The van der Waals surface area contributed by atoms with Crippen molar-refractivity contribution in [2.24, 2.45) is 5.92 Å². The summed E-state index contributed by atoms with van der Waals surface area (Å²) in [7, 11) is 0. The smallest absolute Gasteiger partial charge is 0.201 e. The zero-order valence-corrected chi connectivity index (χ0v) is 18.1. The molecule has 3 aromatic rings. The third kappa shape index (κ3) is 4.29. The van der Waals surface area contributed by atoms with Gasteiger partial charge in [0.2, 0.25) is 5.78 Å². The molecule has 2 fully saturated rings. The van der Waals surface area contributed by atoms with Gasteiger partial charge in [-0.15, -0.1) is 0 Å². The van der Waals surface area contributed by atoms with Crippen LogP contribution >= 0.6 is 11.9 Å². The van der Waals surface area contributed by atoms with Crippen LogP contribution in [-0.4, -0.2) is 45.7 Å². The molecule has 2 aliphatic rings. The van der Waals surface area contributed by atoms with Gasteiger partial charge in [-0.1, -0.05) is 0 Å². The van der Waals surface area contributed by atoms with Crippen LogP contribution in [0.5, 0.6) is 0 Å². The topological polar surface area (TPSA) is 91.9 Å². The number of anilines is 2. The van der Waals surface area contributed by atoms with Gasteiger partial charge >= 0.3 is 0 Å². The molecule has 0 bridgehead atoms. The molecule has 1 saturated carbocycles. The molecule has 7 nitrogen and oxygen atoms in total. The lowest BCUT2D eigenvalue weighted by atomic mass is 10.0. The predicted molar refractivity (Wildman–Crippen MR) is 120 cm³/mol. The van der Waals surface area contributed by atoms with E-state index in [0.717, 1.165) is 38.3 Å². The van der Waals surface area contributed by atoms with Crippen LogP contribution in [0.3, 0.4) is 0 Å². The molecular formula is C22H23F2N5O2S. The second-order valence-electron chi connectivity index (χ2n) is 8.12. The molecule has 0 unspecified atom stereocenters. The summed E-state index contributed by atoms with van der Waals surface area (Å²) in [6.45, 7) is 2.06. The average molecular weight is 460 g/mol. The van der Waals surface area contributed by atoms with Crippen LogP contribution in [0.1, 0.15) is 41.6 Å². The summed E-state index contributed by atoms with van der Waals surface area (Å²) in [5.74, 6) is -1.50. The van der Waals surface area contributed by atoms with Gasteiger partial charge in [0.05, 0.1) is 22.2 Å². The van der Waals surface area contributed by atoms with E-state index in [1.807, 2.05) is 0 Å². The molecule has 3 heterocycles. The van der Waals surface area contributed by atoms with Gasteiger partial charge in [-0.3, -0.25) is 4.79 Å². The Kier molecular flexibility index (Phi) is 5.97. The predicted octanol–water partition coefficient (Wildman–Crippen LogP) is 4.53. The van der Waals surface area contributed by atoms with Crippen molar-refractivity contribution in [1.82, 2.24) is 15.0 Å². The van der Waals surface area contributed by atoms with E-state index in [4.69, 9.17) is 4.74 Å². The summed E-state index contributed by atoms with van der Waals surface area (Å²) < 4.78 is 38.2. The van der Waals surface area contributed by atoms with Gasteiger partial charge in [0.1, 0.15) is 23.6 Å². The molecule has 0 amide bonds. The highest BCUT2D eigenvalue weighted by atomic mass is 32.2. The number of rotatable bonds is 8. The number of hydrogen-bond acceptors (Lipinski definition) is 7. The summed E-state index contributed by atoms with van der Waals surface area (Å²) in [5, 5.41) is 3.94. The number of nitrogens with one attached hydrogen (secondary N) is 3. The first-order chi connectivity index (χ1) is 15.6. The molecule has 0 atom stereocenters. The van der Waals surface area contributed by atoms with Crippen molar-refractivity contribution >= 4 is 40.3 Å². The number of carbonyl (C=O) groups is 1. The Morgan fingerprint density at radius 1 is 1.19 bits per heavy atom. The van der Waals surface area contributed by atoms with E-state index in [0.29, 0.717) is 36.0 Å². The molecule has 1 saturated heterocycles. The quantitative estimate of drug-likeness (QED) is 0.337. The first-order valence-electron chi connectivity index (χ1n) is 10.7. The highest BCUT2D eigenvalue weighted by Gasteiger charge is 2.27. The minimum absolute atomic E-state index is 0.0782. The number of nitrogens with zero attached hydrogens (tertiary/aromatic N) is 2. The molecule has 0 radical (unpaired) electrons. The molecule has 32 heavy (non-hydrogen) atoms. The van der Waals surface area contributed by atoms with Gasteiger partial charge in [0.15, 0.2) is 5.82 Å². The van der Waals surface area contributed by atoms with Crippen LogP contribution in [0, 0.1) is 17.6 Å². The van der Waals surface area contributed by atoms with E-state index >= 15 is 4.39 Å². The van der Waals surface area contributed by atoms with Gasteiger partial charge in [-0.05, 0) is 55.7 Å². The Balaban J connectivity index is 1.44. The van der Waals surface area contributed by atoms with Crippen LogP contribution < -0.4 is 10.0 Å². The summed E-state index contributed by atoms with van der Waals surface area (Å²) in [6.07, 6.45) is 6.82. The third-order valence-electron chi connectivity index (χ3n) is 5.79. The molecule has 1 aromatic carbocycles. The van der Waals surface area contributed by atoms with E-state index < -0.39 is 23.0 Å². The SMILES string of the molecule is O=C(c1c(F)ccc(NSC2CCOCC2)c1F)c1c[nH]c2ncnc(NCC3CC3)c12. The lowest BCUT2D eigenvalue weighted by Crippen LogP contribution is -2.19. The Morgan fingerprint density at radius 3 is 2.78 bits per heavy atom. The monoisotopic (exact) mass is 459 g/mol. The second-order valence-corrected chi connectivity index (χ2v) is 9.22. The highest BCUT2D eigenvalue weighted by Crippen LogP contribution is 2.33. The molecule has 1 aliphatic heterocycles. The number of aromatic amines is 1. The van der Waals surface area contributed by atoms with Crippen LogP contribution in [0.2, 0.25) is 0 Å². The number of carbonyl (C=O) groups excluding carboxylic acids is 1. The van der Waals surface area contributed by atoms with E-state index in [9.17, 15) is 9.18 Å². The van der Waals surface area contributed by atoms with E-state index in [1.165, 1.54) is 30.5 Å². The van der Waals surface area contributed by atoms with Crippen molar-refractivity contribution < 1.29 is 18.3 Å². The fourth-order valence-electron chi connectivity index (χ4n) is 3.75. The Bertz CT molecular complexity index is 1140. The van der Waals surface area contributed by atoms with E-state index in [-0.39, 0.29) is 16.5 Å². The Labute approximate surface area is 187 Å². The number of H-pyrrole nitrogens is 1. The number of halogens is 2. The first-order valence-corrected chi connectivity index (χ1v) is 11.6. The summed E-state index contributed by atoms with van der Waals surface area (Å²) in [4.78, 5) is 24.6. The summed E-state index contributed by atoms with van der Waals surface area (Å²) in [6, 6.07) is 2.43. The Morgan fingerprint density at radius 2 is 2.00 bits per heavy atom. The first kappa shape index (κ1) is 21.1. The fraction of sp³-hybridized carbons (Fsp3) is 0.409. The van der Waals surface area contributed by atoms with Crippen LogP contribution in [0.4, 0.5) is 20.3 Å². The zero-order valence-electron chi connectivity index (χ0n) is 17.3. The molecule has 3 N–H and O–H groups in total. The van der Waals surface area contributed by atoms with E-state index in [1.54, 1.807) is 0 Å². The van der Waals surface area contributed by atoms with Gasteiger partial charge < -0.3 is 19.8 Å². The van der Waals surface area contributed by atoms with Gasteiger partial charge in [-0.25, -0.2) is 18.7 Å². The maximum Gasteiger partial charge on any atom is 0.201 e. The average Bonchev–Trinajstić information content (AvgIpc) is 3.54. The molecule has 5 rings (SSSR count). The zero-order chi connectivity index (χ0) is 22.1. The molecule has 168 valence electrons. The number of ketones is 1. The van der Waals surface area contributed by atoms with Crippen molar-refractivity contribution in [3.63, 3.8) is 0 Å². The van der Waals surface area contributed by atoms with Crippen molar-refractivity contribution in [2.45, 2.75) is 30.9 Å². The Hall–Kier alpha value is -2.72. The van der Waals surface area contributed by atoms with Crippen LogP contribution in [0.25, 0.3) is 11.0 Å². The number of ether oxygens (including phenoxy) is 1. The fourth-order valence-corrected chi connectivity index (χ4v) is 4.63. The van der Waals surface area contributed by atoms with Crippen LogP contribution in [0.15, 0.2) is 24.7 Å². The maximum atomic E-state index is 15.3. The number of hydrogen-bond donors (Lipinski definition) is 3. The molecule has 0 spiro atoms. The normalized spacial score (nSPS) is 16.9. The van der Waals surface area contributed by atoms with Gasteiger partial charge in [0, 0.05) is 31.2 Å². The summed E-state index contributed by atoms with van der Waals surface area (Å²) in [5.41, 5.74) is 0.0487. The second kappa shape index (κ2) is 9.03. The molecule has 1 aliphatic carbocycles. The number of aromatic nitrogens is 3. The maximum absolute atomic E-state index is 15.3. The lowest BCUT2D eigenvalue weighted by Gasteiger charge is -2.22. The van der Waals surface area contributed by atoms with E-state index in [2.05, 4.69) is 25.0 Å². The molecular weight excluding hydrogens is 436 g/mol. The van der Waals surface area contributed by atoms with Crippen molar-refractivity contribution in [1.29, 1.82) is 0 Å². The lowest BCUT2D eigenvalue weighted by molar-refractivity contribution is 0.100. The third-order valence-corrected chi connectivity index (χ3v) is 6.93. The van der Waals surface area contributed by atoms with Crippen molar-refractivity contribution in [3.05, 3.63) is 47.4 Å². The minimum Gasteiger partial charge on any atom is -0.381 e.